The number of amides is 3. The second-order valence-electron chi connectivity index (χ2n) is 10.3. The van der Waals surface area contributed by atoms with Crippen LogP contribution < -0.4 is 16.0 Å². The summed E-state index contributed by atoms with van der Waals surface area (Å²) >= 11 is 0. The van der Waals surface area contributed by atoms with Crippen molar-refractivity contribution in [3.63, 3.8) is 0 Å². The Kier molecular flexibility index (Phi) is 6.42. The van der Waals surface area contributed by atoms with Crippen LogP contribution in [0.5, 0.6) is 0 Å². The fraction of sp³-hybridized carbons (Fsp3) is 0.481. The average Bonchev–Trinajstić information content (AvgIpc) is 3.41. The van der Waals surface area contributed by atoms with Gasteiger partial charge in [0.05, 0.1) is 5.41 Å². The Balaban J connectivity index is 1.34. The molecule has 9 nitrogen and oxygen atoms in total. The molecule has 3 amide bonds. The summed E-state index contributed by atoms with van der Waals surface area (Å²) in [6, 6.07) is 7.11. The summed E-state index contributed by atoms with van der Waals surface area (Å²) in [5, 5.41) is 12.7. The summed E-state index contributed by atoms with van der Waals surface area (Å²) in [6.07, 6.45) is 6.47. The number of carbonyl (C=O) groups is 3. The second kappa shape index (κ2) is 9.54. The van der Waals surface area contributed by atoms with Crippen LogP contribution in [0.15, 0.2) is 42.2 Å². The number of aromatic nitrogens is 2. The minimum atomic E-state index is -0.561. The molecule has 1 saturated carbocycles. The number of anilines is 2. The van der Waals surface area contributed by atoms with E-state index in [4.69, 9.17) is 4.74 Å². The van der Waals surface area contributed by atoms with E-state index in [9.17, 15) is 14.4 Å². The van der Waals surface area contributed by atoms with Gasteiger partial charge in [-0.3, -0.25) is 19.1 Å². The van der Waals surface area contributed by atoms with E-state index in [1.165, 1.54) is 4.68 Å². The highest BCUT2D eigenvalue weighted by atomic mass is 16.5. The highest BCUT2D eigenvalue weighted by Crippen LogP contribution is 2.45. The van der Waals surface area contributed by atoms with Crippen molar-refractivity contribution in [3.05, 3.63) is 53.5 Å². The van der Waals surface area contributed by atoms with Gasteiger partial charge in [-0.1, -0.05) is 26.0 Å². The Bertz CT molecular complexity index is 1230. The van der Waals surface area contributed by atoms with Crippen molar-refractivity contribution in [3.8, 4) is 0 Å². The lowest BCUT2D eigenvalue weighted by atomic mass is 9.65. The number of fused-ring (bicyclic) bond motifs is 2. The predicted octanol–water partition coefficient (Wildman–Crippen LogP) is 3.36. The molecule has 1 aromatic carbocycles. The van der Waals surface area contributed by atoms with E-state index in [-0.39, 0.29) is 11.6 Å². The molecule has 1 spiro atoms. The van der Waals surface area contributed by atoms with E-state index >= 15 is 0 Å². The molecule has 2 aromatic rings. The van der Waals surface area contributed by atoms with Crippen molar-refractivity contribution < 1.29 is 19.1 Å². The van der Waals surface area contributed by atoms with Crippen LogP contribution in [-0.4, -0.2) is 40.7 Å². The van der Waals surface area contributed by atoms with Gasteiger partial charge in [0.2, 0.25) is 5.91 Å². The van der Waals surface area contributed by atoms with Gasteiger partial charge in [-0.05, 0) is 67.2 Å². The number of rotatable bonds is 6. The summed E-state index contributed by atoms with van der Waals surface area (Å²) in [7, 11) is 1.68. The first-order chi connectivity index (χ1) is 17.3. The third kappa shape index (κ3) is 4.32. The molecule has 3 N–H and O–H groups in total. The van der Waals surface area contributed by atoms with Crippen molar-refractivity contribution in [2.24, 2.45) is 24.8 Å². The van der Waals surface area contributed by atoms with Crippen LogP contribution in [0.4, 0.5) is 11.4 Å². The Morgan fingerprint density at radius 3 is 2.69 bits per heavy atom. The number of nitrogens with zero attached hydrogens (tertiary/aromatic N) is 2. The Morgan fingerprint density at radius 1 is 1.25 bits per heavy atom. The summed E-state index contributed by atoms with van der Waals surface area (Å²) in [5.74, 6) is 0.922. The predicted molar refractivity (Wildman–Crippen MR) is 135 cm³/mol. The zero-order valence-electron chi connectivity index (χ0n) is 21.0. The monoisotopic (exact) mass is 491 g/mol. The molecule has 1 aromatic heterocycles. The van der Waals surface area contributed by atoms with Crippen LogP contribution in [0.2, 0.25) is 0 Å². The number of ether oxygens (including phenoxy) is 1. The van der Waals surface area contributed by atoms with Crippen LogP contribution in [0.3, 0.4) is 0 Å². The first kappa shape index (κ1) is 24.2. The van der Waals surface area contributed by atoms with Gasteiger partial charge < -0.3 is 20.7 Å². The minimum Gasteiger partial charge on any atom is -0.381 e. The van der Waals surface area contributed by atoms with Gasteiger partial charge in [-0.25, -0.2) is 0 Å². The standard InChI is InChI=1S/C27H33N5O4/c1-16-14-18(17(16)2)4-7-21(30-25(34)23-8-11-28-32(23)3)24(33)29-19-5-6-20-22(15-19)31-26(35)27(20)9-12-36-13-10-27/h5-8,11,15-18H,4,9-10,12-14H2,1-3H3,(H,29,33)(H,30,34)(H,31,35). The molecule has 9 heteroatoms. The first-order valence-electron chi connectivity index (χ1n) is 12.6. The molecule has 190 valence electrons. The number of allylic oxidation sites excluding steroid dienone is 1. The van der Waals surface area contributed by atoms with Crippen molar-refractivity contribution >= 4 is 29.1 Å². The van der Waals surface area contributed by atoms with Crippen LogP contribution in [0.25, 0.3) is 0 Å². The quantitative estimate of drug-likeness (QED) is 0.536. The SMILES string of the molecule is CC1CC(CC=C(NC(=O)c2ccnn2C)C(=O)Nc2ccc3c(c2)NC(=O)C32CCOCC2)C1C. The van der Waals surface area contributed by atoms with Crippen molar-refractivity contribution in [1.29, 1.82) is 0 Å². The number of hydrogen-bond acceptors (Lipinski definition) is 5. The topological polar surface area (TPSA) is 114 Å². The van der Waals surface area contributed by atoms with Crippen molar-refractivity contribution in [2.75, 3.05) is 23.8 Å². The maximum absolute atomic E-state index is 13.3. The zero-order chi connectivity index (χ0) is 25.4. The van der Waals surface area contributed by atoms with Crippen molar-refractivity contribution in [1.82, 2.24) is 15.1 Å². The normalized spacial score (nSPS) is 24.6. The molecule has 1 saturated heterocycles. The number of hydrogen-bond donors (Lipinski definition) is 3. The second-order valence-corrected chi connectivity index (χ2v) is 10.3. The molecule has 5 rings (SSSR count). The summed E-state index contributed by atoms with van der Waals surface area (Å²) < 4.78 is 6.94. The summed E-state index contributed by atoms with van der Waals surface area (Å²) in [6.45, 7) is 5.56. The molecule has 36 heavy (non-hydrogen) atoms. The van der Waals surface area contributed by atoms with Gasteiger partial charge in [0, 0.05) is 37.8 Å². The highest BCUT2D eigenvalue weighted by Gasteiger charge is 2.47. The maximum atomic E-state index is 13.3. The van der Waals surface area contributed by atoms with Crippen molar-refractivity contribution in [2.45, 2.75) is 44.9 Å². The van der Waals surface area contributed by atoms with Gasteiger partial charge in [-0.15, -0.1) is 0 Å². The summed E-state index contributed by atoms with van der Waals surface area (Å²) in [4.78, 5) is 39.0. The molecule has 2 fully saturated rings. The molecule has 3 heterocycles. The molecule has 3 atom stereocenters. The summed E-state index contributed by atoms with van der Waals surface area (Å²) in [5.41, 5.74) is 2.22. The number of carbonyl (C=O) groups excluding carboxylic acids is 3. The molecule has 1 aliphatic carbocycles. The van der Waals surface area contributed by atoms with Crippen LogP contribution in [0.1, 0.15) is 55.6 Å². The van der Waals surface area contributed by atoms with Gasteiger partial charge in [-0.2, -0.15) is 5.10 Å². The van der Waals surface area contributed by atoms with E-state index in [0.717, 1.165) is 12.0 Å². The van der Waals surface area contributed by atoms with E-state index in [1.807, 2.05) is 18.2 Å². The number of aryl methyl sites for hydroxylation is 1. The number of benzene rings is 1. The molecule has 0 bridgehead atoms. The van der Waals surface area contributed by atoms with Gasteiger partial charge in [0.1, 0.15) is 11.4 Å². The maximum Gasteiger partial charge on any atom is 0.274 e. The molecule has 3 unspecified atom stereocenters. The molecular formula is C27H33N5O4. The molecule has 3 aliphatic rings. The Morgan fingerprint density at radius 2 is 2.03 bits per heavy atom. The lowest BCUT2D eigenvalue weighted by Crippen LogP contribution is -2.39. The van der Waals surface area contributed by atoms with E-state index in [0.29, 0.717) is 67.3 Å². The van der Waals surface area contributed by atoms with Crippen LogP contribution >= 0.6 is 0 Å². The first-order valence-corrected chi connectivity index (χ1v) is 12.6. The Hall–Kier alpha value is -3.46. The molecule has 0 radical (unpaired) electrons. The van der Waals surface area contributed by atoms with Crippen LogP contribution in [-0.2, 0) is 26.8 Å². The highest BCUT2D eigenvalue weighted by molar-refractivity contribution is 6.10. The Labute approximate surface area is 210 Å². The van der Waals surface area contributed by atoms with Crippen LogP contribution in [0, 0.1) is 17.8 Å². The molecular weight excluding hydrogens is 458 g/mol. The largest absolute Gasteiger partial charge is 0.381 e. The zero-order valence-corrected chi connectivity index (χ0v) is 21.0. The van der Waals surface area contributed by atoms with Gasteiger partial charge in [0.25, 0.3) is 11.8 Å². The third-order valence-electron chi connectivity index (χ3n) is 8.31. The minimum absolute atomic E-state index is 0.0165. The van der Waals surface area contributed by atoms with E-state index in [1.54, 1.807) is 25.4 Å². The lowest BCUT2D eigenvalue weighted by Gasteiger charge is -2.40. The smallest absolute Gasteiger partial charge is 0.274 e. The van der Waals surface area contributed by atoms with Gasteiger partial charge >= 0.3 is 0 Å². The lowest BCUT2D eigenvalue weighted by molar-refractivity contribution is -0.124. The fourth-order valence-corrected chi connectivity index (χ4v) is 5.66. The average molecular weight is 492 g/mol. The number of nitrogens with one attached hydrogen (secondary N) is 3. The third-order valence-corrected chi connectivity index (χ3v) is 8.31. The fourth-order valence-electron chi connectivity index (χ4n) is 5.66. The van der Waals surface area contributed by atoms with E-state index in [2.05, 4.69) is 34.9 Å². The van der Waals surface area contributed by atoms with E-state index < -0.39 is 17.2 Å². The molecule has 2 aliphatic heterocycles. The van der Waals surface area contributed by atoms with Gasteiger partial charge in [0.15, 0.2) is 0 Å².